The van der Waals surface area contributed by atoms with Crippen molar-refractivity contribution >= 4 is 11.8 Å². The first kappa shape index (κ1) is 13.4. The van der Waals surface area contributed by atoms with Gasteiger partial charge in [0.2, 0.25) is 0 Å². The number of carboxylic acid groups (broad SMARTS) is 1. The first-order valence-electron chi connectivity index (χ1n) is 5.88. The summed E-state index contributed by atoms with van der Waals surface area (Å²) in [6.45, 7) is 6.97. The number of carboxylic acids is 1. The minimum absolute atomic E-state index is 0.0453. The minimum atomic E-state index is -1.02. The molecule has 0 bridgehead atoms. The van der Waals surface area contributed by atoms with Gasteiger partial charge in [-0.2, -0.15) is 0 Å². The summed E-state index contributed by atoms with van der Waals surface area (Å²) in [6.07, 6.45) is 1.65. The normalized spacial score (nSPS) is 10.6. The smallest absolute Gasteiger partial charge is 0.354 e. The van der Waals surface area contributed by atoms with Crippen LogP contribution >= 0.6 is 0 Å². The fourth-order valence-corrected chi connectivity index (χ4v) is 1.34. The second-order valence-electron chi connectivity index (χ2n) is 4.32. The average Bonchev–Trinajstić information content (AvgIpc) is 2.28. The molecule has 5 nitrogen and oxygen atoms in total. The van der Waals surface area contributed by atoms with Crippen LogP contribution in [-0.4, -0.2) is 27.6 Å². The van der Waals surface area contributed by atoms with Gasteiger partial charge >= 0.3 is 5.97 Å². The van der Waals surface area contributed by atoms with Crippen molar-refractivity contribution < 1.29 is 9.90 Å². The van der Waals surface area contributed by atoms with Crippen LogP contribution < -0.4 is 5.32 Å². The Hall–Kier alpha value is -1.65. The van der Waals surface area contributed by atoms with Gasteiger partial charge in [-0.05, 0) is 12.3 Å². The summed E-state index contributed by atoms with van der Waals surface area (Å²) in [5.74, 6) is 0.731. The van der Waals surface area contributed by atoms with Gasteiger partial charge in [0.25, 0.3) is 0 Å². The van der Waals surface area contributed by atoms with Crippen LogP contribution in [0, 0.1) is 5.92 Å². The molecule has 5 heteroatoms. The monoisotopic (exact) mass is 237 g/mol. The van der Waals surface area contributed by atoms with Crippen LogP contribution in [0.15, 0.2) is 6.07 Å². The highest BCUT2D eigenvalue weighted by molar-refractivity contribution is 5.86. The Morgan fingerprint density at radius 2 is 2.18 bits per heavy atom. The first-order valence-corrected chi connectivity index (χ1v) is 5.88. The maximum Gasteiger partial charge on any atom is 0.354 e. The van der Waals surface area contributed by atoms with E-state index in [1.807, 2.05) is 6.92 Å². The van der Waals surface area contributed by atoms with Crippen molar-refractivity contribution in [2.75, 3.05) is 11.9 Å². The molecule has 0 unspecified atom stereocenters. The Morgan fingerprint density at radius 3 is 2.71 bits per heavy atom. The van der Waals surface area contributed by atoms with Crippen LogP contribution in [0.3, 0.4) is 0 Å². The fourth-order valence-electron chi connectivity index (χ4n) is 1.34. The van der Waals surface area contributed by atoms with E-state index in [-0.39, 0.29) is 5.69 Å². The molecule has 94 valence electrons. The number of aromatic nitrogens is 2. The second-order valence-corrected chi connectivity index (χ2v) is 4.32. The summed E-state index contributed by atoms with van der Waals surface area (Å²) in [6, 6.07) is 1.47. The number of nitrogens with zero attached hydrogens (tertiary/aromatic N) is 2. The van der Waals surface area contributed by atoms with Gasteiger partial charge in [-0.15, -0.1) is 0 Å². The van der Waals surface area contributed by atoms with E-state index in [1.165, 1.54) is 6.07 Å². The molecule has 0 saturated carbocycles. The summed E-state index contributed by atoms with van der Waals surface area (Å²) in [5, 5.41) is 12.1. The predicted molar refractivity (Wildman–Crippen MR) is 66.3 cm³/mol. The van der Waals surface area contributed by atoms with E-state index < -0.39 is 5.97 Å². The quantitative estimate of drug-likeness (QED) is 0.793. The van der Waals surface area contributed by atoms with E-state index in [0.717, 1.165) is 13.0 Å². The molecule has 1 rings (SSSR count). The molecule has 1 aromatic rings. The molecule has 0 saturated heterocycles. The molecule has 0 aliphatic carbocycles. The van der Waals surface area contributed by atoms with Gasteiger partial charge in [-0.3, -0.25) is 0 Å². The Kier molecular flexibility index (Phi) is 4.87. The lowest BCUT2D eigenvalue weighted by Crippen LogP contribution is -2.11. The van der Waals surface area contributed by atoms with Crippen LogP contribution in [0.1, 0.15) is 43.5 Å². The highest BCUT2D eigenvalue weighted by Gasteiger charge is 2.09. The molecule has 0 atom stereocenters. The summed E-state index contributed by atoms with van der Waals surface area (Å²) in [7, 11) is 0. The maximum absolute atomic E-state index is 10.9. The van der Waals surface area contributed by atoms with E-state index in [4.69, 9.17) is 5.11 Å². The number of hydrogen-bond acceptors (Lipinski definition) is 4. The van der Waals surface area contributed by atoms with Crippen molar-refractivity contribution in [2.45, 2.75) is 33.6 Å². The Labute approximate surface area is 101 Å². The summed E-state index contributed by atoms with van der Waals surface area (Å²) < 4.78 is 0. The number of carbonyl (C=O) groups is 1. The molecule has 0 aliphatic heterocycles. The van der Waals surface area contributed by atoms with Gasteiger partial charge in [0.05, 0.1) is 0 Å². The molecule has 0 amide bonds. The van der Waals surface area contributed by atoms with Crippen LogP contribution in [0.2, 0.25) is 0 Å². The lowest BCUT2D eigenvalue weighted by atomic mass is 10.1. The van der Waals surface area contributed by atoms with E-state index in [9.17, 15) is 4.79 Å². The molecule has 1 aromatic heterocycles. The van der Waals surface area contributed by atoms with E-state index >= 15 is 0 Å². The van der Waals surface area contributed by atoms with E-state index in [2.05, 4.69) is 29.1 Å². The molecular weight excluding hydrogens is 218 g/mol. The molecule has 0 spiro atoms. The molecule has 0 aliphatic rings. The average molecular weight is 237 g/mol. The molecule has 0 aromatic carbocycles. The van der Waals surface area contributed by atoms with Crippen molar-refractivity contribution in [3.05, 3.63) is 17.6 Å². The van der Waals surface area contributed by atoms with Crippen LogP contribution in [0.4, 0.5) is 5.82 Å². The standard InChI is InChI=1S/C12H19N3O2/c1-4-10-14-9(12(16)17)7-11(15-10)13-6-5-8(2)3/h7-8H,4-6H2,1-3H3,(H,16,17)(H,13,14,15). The van der Waals surface area contributed by atoms with Crippen LogP contribution in [0.5, 0.6) is 0 Å². The highest BCUT2D eigenvalue weighted by Crippen LogP contribution is 2.09. The van der Waals surface area contributed by atoms with E-state index in [1.54, 1.807) is 0 Å². The third-order valence-electron chi connectivity index (χ3n) is 2.34. The first-order chi connectivity index (χ1) is 8.02. The number of hydrogen-bond donors (Lipinski definition) is 2. The topological polar surface area (TPSA) is 75.1 Å². The van der Waals surface area contributed by atoms with Gasteiger partial charge in [0.15, 0.2) is 5.69 Å². The zero-order chi connectivity index (χ0) is 12.8. The lowest BCUT2D eigenvalue weighted by molar-refractivity contribution is 0.0690. The SMILES string of the molecule is CCc1nc(NCCC(C)C)cc(C(=O)O)n1. The van der Waals surface area contributed by atoms with Crippen molar-refractivity contribution in [3.8, 4) is 0 Å². The zero-order valence-corrected chi connectivity index (χ0v) is 10.5. The summed E-state index contributed by atoms with van der Waals surface area (Å²) in [5.41, 5.74) is 0.0453. The molecule has 0 fully saturated rings. The largest absolute Gasteiger partial charge is 0.477 e. The van der Waals surface area contributed by atoms with E-state index in [0.29, 0.717) is 24.0 Å². The predicted octanol–water partition coefficient (Wildman–Crippen LogP) is 2.20. The minimum Gasteiger partial charge on any atom is -0.477 e. The molecule has 2 N–H and O–H groups in total. The van der Waals surface area contributed by atoms with Gasteiger partial charge in [0, 0.05) is 19.0 Å². The third-order valence-corrected chi connectivity index (χ3v) is 2.34. The van der Waals surface area contributed by atoms with Crippen LogP contribution in [0.25, 0.3) is 0 Å². The maximum atomic E-state index is 10.9. The lowest BCUT2D eigenvalue weighted by Gasteiger charge is -2.09. The van der Waals surface area contributed by atoms with Crippen molar-refractivity contribution in [2.24, 2.45) is 5.92 Å². The Balaban J connectivity index is 2.76. The van der Waals surface area contributed by atoms with Gasteiger partial charge in [0.1, 0.15) is 11.6 Å². The number of aromatic carboxylic acids is 1. The van der Waals surface area contributed by atoms with Gasteiger partial charge in [-0.1, -0.05) is 20.8 Å². The number of nitrogens with one attached hydrogen (secondary N) is 1. The van der Waals surface area contributed by atoms with Gasteiger partial charge < -0.3 is 10.4 Å². The summed E-state index contributed by atoms with van der Waals surface area (Å²) in [4.78, 5) is 19.1. The fraction of sp³-hybridized carbons (Fsp3) is 0.583. The highest BCUT2D eigenvalue weighted by atomic mass is 16.4. The Bertz CT molecular complexity index is 391. The van der Waals surface area contributed by atoms with Crippen molar-refractivity contribution in [1.82, 2.24) is 9.97 Å². The zero-order valence-electron chi connectivity index (χ0n) is 10.5. The van der Waals surface area contributed by atoms with Crippen molar-refractivity contribution in [3.63, 3.8) is 0 Å². The number of aryl methyl sites for hydroxylation is 1. The Morgan fingerprint density at radius 1 is 1.47 bits per heavy atom. The molecule has 0 radical (unpaired) electrons. The molecule has 1 heterocycles. The third kappa shape index (κ3) is 4.38. The molecule has 17 heavy (non-hydrogen) atoms. The number of anilines is 1. The van der Waals surface area contributed by atoms with Gasteiger partial charge in [-0.25, -0.2) is 14.8 Å². The summed E-state index contributed by atoms with van der Waals surface area (Å²) >= 11 is 0. The second kappa shape index (κ2) is 6.18. The van der Waals surface area contributed by atoms with Crippen molar-refractivity contribution in [1.29, 1.82) is 0 Å². The number of rotatable bonds is 6. The van der Waals surface area contributed by atoms with Crippen LogP contribution in [-0.2, 0) is 6.42 Å². The molecular formula is C12H19N3O2.